The van der Waals surface area contributed by atoms with Crippen LogP contribution in [-0.4, -0.2) is 20.9 Å². The van der Waals surface area contributed by atoms with Crippen LogP contribution in [-0.2, 0) is 4.74 Å². The summed E-state index contributed by atoms with van der Waals surface area (Å²) in [5, 5.41) is 2.05. The molecule has 0 aliphatic rings. The topological polar surface area (TPSA) is 26.3 Å². The third-order valence-electron chi connectivity index (χ3n) is 2.55. The number of ether oxygens (including phenoxy) is 1. The molecule has 3 heteroatoms. The van der Waals surface area contributed by atoms with Gasteiger partial charge in [-0.05, 0) is 16.8 Å². The van der Waals surface area contributed by atoms with Crippen LogP contribution in [0.4, 0.5) is 0 Å². The number of hydrogen-bond donors (Lipinski definition) is 0. The molecule has 0 aliphatic heterocycles. The molecule has 0 radical (unpaired) electrons. The fourth-order valence-electron chi connectivity index (χ4n) is 1.76. The molecule has 0 atom stereocenters. The molecule has 2 nitrogen and oxygen atoms in total. The fourth-order valence-corrected chi connectivity index (χ4v) is 1.76. The second-order valence-electron chi connectivity index (χ2n) is 3.47. The van der Waals surface area contributed by atoms with Gasteiger partial charge in [-0.1, -0.05) is 35.8 Å². The molecule has 0 unspecified atom stereocenters. The Bertz CT molecular complexity index is 520. The SMILES string of the molecule is Bc1cccc2c(C(=O)OC)cccc12. The summed E-state index contributed by atoms with van der Waals surface area (Å²) in [6.07, 6.45) is 0. The smallest absolute Gasteiger partial charge is 0.338 e. The lowest BCUT2D eigenvalue weighted by Gasteiger charge is -2.06. The summed E-state index contributed by atoms with van der Waals surface area (Å²) < 4.78 is 4.75. The van der Waals surface area contributed by atoms with Crippen LogP contribution in [0.25, 0.3) is 10.8 Å². The Morgan fingerprint density at radius 1 is 1.13 bits per heavy atom. The lowest BCUT2D eigenvalue weighted by molar-refractivity contribution is 0.0603. The van der Waals surface area contributed by atoms with Crippen LogP contribution in [0, 0.1) is 0 Å². The Kier molecular flexibility index (Phi) is 2.46. The number of methoxy groups -OCH3 is 1. The second kappa shape index (κ2) is 3.77. The summed E-state index contributed by atoms with van der Waals surface area (Å²) >= 11 is 0. The first-order chi connectivity index (χ1) is 7.24. The van der Waals surface area contributed by atoms with Crippen LogP contribution in [0.2, 0.25) is 0 Å². The van der Waals surface area contributed by atoms with Gasteiger partial charge in [0.05, 0.1) is 12.7 Å². The molecule has 2 rings (SSSR count). The Hall–Kier alpha value is -1.77. The van der Waals surface area contributed by atoms with E-state index in [1.807, 2.05) is 38.2 Å². The number of carbonyl (C=O) groups excluding carboxylic acids is 1. The van der Waals surface area contributed by atoms with Gasteiger partial charge in [-0.15, -0.1) is 0 Å². The monoisotopic (exact) mass is 198 g/mol. The quantitative estimate of drug-likeness (QED) is 0.502. The highest BCUT2D eigenvalue weighted by Crippen LogP contribution is 2.17. The number of fused-ring (bicyclic) bond motifs is 1. The lowest BCUT2D eigenvalue weighted by atomic mass is 9.89. The van der Waals surface area contributed by atoms with Gasteiger partial charge in [0.25, 0.3) is 0 Å². The molecule has 0 bridgehead atoms. The van der Waals surface area contributed by atoms with Crippen LogP contribution in [0.3, 0.4) is 0 Å². The summed E-state index contributed by atoms with van der Waals surface area (Å²) in [6.45, 7) is 0. The maximum atomic E-state index is 11.5. The van der Waals surface area contributed by atoms with E-state index >= 15 is 0 Å². The highest BCUT2D eigenvalue weighted by molar-refractivity contribution is 6.39. The van der Waals surface area contributed by atoms with E-state index in [1.165, 1.54) is 12.6 Å². The van der Waals surface area contributed by atoms with E-state index in [2.05, 4.69) is 0 Å². The molecule has 15 heavy (non-hydrogen) atoms. The molecule has 0 heterocycles. The van der Waals surface area contributed by atoms with E-state index in [0.717, 1.165) is 10.8 Å². The van der Waals surface area contributed by atoms with E-state index in [1.54, 1.807) is 6.07 Å². The zero-order valence-corrected chi connectivity index (χ0v) is 8.78. The molecular formula is C12H11BO2. The maximum Gasteiger partial charge on any atom is 0.338 e. The molecule has 0 N–H and O–H groups in total. The molecule has 0 fully saturated rings. The molecule has 0 aliphatic carbocycles. The van der Waals surface area contributed by atoms with E-state index in [4.69, 9.17) is 4.74 Å². The van der Waals surface area contributed by atoms with E-state index in [9.17, 15) is 4.79 Å². The molecule has 0 saturated carbocycles. The van der Waals surface area contributed by atoms with Crippen molar-refractivity contribution in [3.05, 3.63) is 42.0 Å². The zero-order chi connectivity index (χ0) is 10.8. The largest absolute Gasteiger partial charge is 0.465 e. The van der Waals surface area contributed by atoms with Crippen molar-refractivity contribution in [2.45, 2.75) is 0 Å². The Balaban J connectivity index is 2.77. The van der Waals surface area contributed by atoms with Crippen LogP contribution in [0.5, 0.6) is 0 Å². The van der Waals surface area contributed by atoms with Crippen molar-refractivity contribution in [3.63, 3.8) is 0 Å². The normalized spacial score (nSPS) is 10.2. The number of esters is 1. The number of rotatable bonds is 1. The van der Waals surface area contributed by atoms with Gasteiger partial charge >= 0.3 is 5.97 Å². The van der Waals surface area contributed by atoms with Gasteiger partial charge in [0, 0.05) is 0 Å². The average molecular weight is 198 g/mol. The average Bonchev–Trinajstić information content (AvgIpc) is 2.28. The van der Waals surface area contributed by atoms with Crippen molar-refractivity contribution in [2.75, 3.05) is 7.11 Å². The van der Waals surface area contributed by atoms with Crippen molar-refractivity contribution >= 4 is 30.1 Å². The number of benzene rings is 2. The Morgan fingerprint density at radius 3 is 2.53 bits per heavy atom. The second-order valence-corrected chi connectivity index (χ2v) is 3.47. The minimum atomic E-state index is -0.286. The third kappa shape index (κ3) is 1.61. The molecule has 0 saturated heterocycles. The molecule has 2 aromatic carbocycles. The van der Waals surface area contributed by atoms with Crippen molar-refractivity contribution in [3.8, 4) is 0 Å². The predicted molar refractivity (Wildman–Crippen MR) is 63.5 cm³/mol. The van der Waals surface area contributed by atoms with Crippen molar-refractivity contribution in [2.24, 2.45) is 0 Å². The first kappa shape index (κ1) is 9.78. The fraction of sp³-hybridized carbons (Fsp3) is 0.0833. The van der Waals surface area contributed by atoms with E-state index in [-0.39, 0.29) is 5.97 Å². The van der Waals surface area contributed by atoms with E-state index in [0.29, 0.717) is 5.56 Å². The summed E-state index contributed by atoms with van der Waals surface area (Å²) in [7, 11) is 3.43. The van der Waals surface area contributed by atoms with Crippen LogP contribution in [0.15, 0.2) is 36.4 Å². The summed E-state index contributed by atoms with van der Waals surface area (Å²) in [4.78, 5) is 11.5. The van der Waals surface area contributed by atoms with Gasteiger partial charge in [0.15, 0.2) is 0 Å². The molecule has 2 aromatic rings. The predicted octanol–water partition coefficient (Wildman–Crippen LogP) is 0.885. The van der Waals surface area contributed by atoms with Gasteiger partial charge in [-0.2, -0.15) is 0 Å². The van der Waals surface area contributed by atoms with Gasteiger partial charge in [-0.3, -0.25) is 0 Å². The lowest BCUT2D eigenvalue weighted by Crippen LogP contribution is -2.07. The van der Waals surface area contributed by atoms with Gasteiger partial charge in [0.1, 0.15) is 7.85 Å². The van der Waals surface area contributed by atoms with Crippen molar-refractivity contribution in [1.29, 1.82) is 0 Å². The van der Waals surface area contributed by atoms with Crippen LogP contribution >= 0.6 is 0 Å². The van der Waals surface area contributed by atoms with Gasteiger partial charge in [0.2, 0.25) is 0 Å². The molecule has 0 spiro atoms. The summed E-state index contributed by atoms with van der Waals surface area (Å²) in [6, 6.07) is 11.6. The summed E-state index contributed by atoms with van der Waals surface area (Å²) in [5.74, 6) is -0.286. The summed E-state index contributed by atoms with van der Waals surface area (Å²) in [5.41, 5.74) is 1.79. The molecule has 74 valence electrons. The molecule has 0 amide bonds. The number of hydrogen-bond acceptors (Lipinski definition) is 2. The standard InChI is InChI=1S/C12H11BO2/c1-15-12(14)10-6-2-5-9-8(10)4-3-7-11(9)13/h2-7H,13H2,1H3. The third-order valence-corrected chi connectivity index (χ3v) is 2.55. The zero-order valence-electron chi connectivity index (χ0n) is 8.78. The van der Waals surface area contributed by atoms with Crippen molar-refractivity contribution in [1.82, 2.24) is 0 Å². The number of carbonyl (C=O) groups is 1. The highest BCUT2D eigenvalue weighted by Gasteiger charge is 2.09. The Labute approximate surface area is 89.3 Å². The van der Waals surface area contributed by atoms with E-state index < -0.39 is 0 Å². The van der Waals surface area contributed by atoms with Crippen LogP contribution < -0.4 is 5.46 Å². The van der Waals surface area contributed by atoms with Gasteiger partial charge in [-0.25, -0.2) is 4.79 Å². The first-order valence-electron chi connectivity index (χ1n) is 4.80. The maximum absolute atomic E-state index is 11.5. The molecular weight excluding hydrogens is 187 g/mol. The first-order valence-corrected chi connectivity index (χ1v) is 4.80. The van der Waals surface area contributed by atoms with Crippen molar-refractivity contribution < 1.29 is 9.53 Å². The highest BCUT2D eigenvalue weighted by atomic mass is 16.5. The Morgan fingerprint density at radius 2 is 1.80 bits per heavy atom. The van der Waals surface area contributed by atoms with Crippen LogP contribution in [0.1, 0.15) is 10.4 Å². The minimum absolute atomic E-state index is 0.286. The molecule has 0 aromatic heterocycles. The van der Waals surface area contributed by atoms with Gasteiger partial charge < -0.3 is 4.74 Å². The minimum Gasteiger partial charge on any atom is -0.465 e.